The number of likely N-dealkylation sites (tertiary alicyclic amines) is 1. The quantitative estimate of drug-likeness (QED) is 0.832. The monoisotopic (exact) mass is 307 g/mol. The maximum absolute atomic E-state index is 12.4. The molecule has 0 radical (unpaired) electrons. The normalized spacial score (nSPS) is 21.9. The smallest absolute Gasteiger partial charge is 0.324 e. The van der Waals surface area contributed by atoms with Crippen molar-refractivity contribution in [2.45, 2.75) is 12.5 Å². The van der Waals surface area contributed by atoms with E-state index >= 15 is 0 Å². The van der Waals surface area contributed by atoms with Gasteiger partial charge in [0, 0.05) is 23.7 Å². The van der Waals surface area contributed by atoms with Crippen molar-refractivity contribution < 1.29 is 14.4 Å². The molecule has 7 heteroatoms. The number of rotatable bonds is 2. The van der Waals surface area contributed by atoms with Crippen molar-refractivity contribution in [2.24, 2.45) is 0 Å². The Kier molecular flexibility index (Phi) is 3.55. The van der Waals surface area contributed by atoms with Gasteiger partial charge in [-0.1, -0.05) is 11.6 Å². The molecule has 1 atom stereocenters. The van der Waals surface area contributed by atoms with Crippen molar-refractivity contribution in [3.05, 3.63) is 34.9 Å². The SMILES string of the molecule is O=C(c1ccc(Cl)cc1)N1CCC(N2C(=O)CNC2=O)C1. The van der Waals surface area contributed by atoms with E-state index < -0.39 is 0 Å². The van der Waals surface area contributed by atoms with E-state index in [1.165, 1.54) is 4.90 Å². The Morgan fingerprint density at radius 3 is 2.57 bits per heavy atom. The third-order valence-electron chi connectivity index (χ3n) is 3.79. The summed E-state index contributed by atoms with van der Waals surface area (Å²) in [6.45, 7) is 0.949. The lowest BCUT2D eigenvalue weighted by Gasteiger charge is -2.21. The van der Waals surface area contributed by atoms with Crippen molar-refractivity contribution in [1.29, 1.82) is 0 Å². The molecule has 4 amide bonds. The fourth-order valence-corrected chi connectivity index (χ4v) is 2.84. The molecule has 2 fully saturated rings. The Hall–Kier alpha value is -2.08. The van der Waals surface area contributed by atoms with Crippen molar-refractivity contribution in [3.8, 4) is 0 Å². The molecular weight excluding hydrogens is 294 g/mol. The number of carbonyl (C=O) groups excluding carboxylic acids is 3. The number of nitrogens with zero attached hydrogens (tertiary/aromatic N) is 2. The Morgan fingerprint density at radius 2 is 1.95 bits per heavy atom. The molecule has 2 aliphatic heterocycles. The number of nitrogens with one attached hydrogen (secondary N) is 1. The Balaban J connectivity index is 1.69. The molecule has 2 aliphatic rings. The van der Waals surface area contributed by atoms with Crippen molar-refractivity contribution in [3.63, 3.8) is 0 Å². The summed E-state index contributed by atoms with van der Waals surface area (Å²) in [5.41, 5.74) is 0.553. The van der Waals surface area contributed by atoms with E-state index in [0.717, 1.165) is 0 Å². The zero-order valence-corrected chi connectivity index (χ0v) is 12.0. The average molecular weight is 308 g/mol. The standard InChI is InChI=1S/C14H14ClN3O3/c15-10-3-1-9(2-4-10)13(20)17-6-5-11(8-17)18-12(19)7-16-14(18)21/h1-4,11H,5-8H2,(H,16,21). The summed E-state index contributed by atoms with van der Waals surface area (Å²) in [5, 5.41) is 3.07. The van der Waals surface area contributed by atoms with Crippen LogP contribution in [0.2, 0.25) is 5.02 Å². The molecule has 1 aromatic carbocycles. The molecule has 0 spiro atoms. The van der Waals surface area contributed by atoms with Crippen LogP contribution in [0.1, 0.15) is 16.8 Å². The van der Waals surface area contributed by atoms with Crippen LogP contribution in [0.3, 0.4) is 0 Å². The molecular formula is C14H14ClN3O3. The molecule has 110 valence electrons. The predicted molar refractivity (Wildman–Crippen MR) is 76.0 cm³/mol. The second-order valence-corrected chi connectivity index (χ2v) is 5.56. The number of halogens is 1. The number of hydrogen-bond donors (Lipinski definition) is 1. The molecule has 0 bridgehead atoms. The fourth-order valence-electron chi connectivity index (χ4n) is 2.72. The molecule has 0 aliphatic carbocycles. The number of hydrogen-bond acceptors (Lipinski definition) is 3. The Labute approximate surface area is 126 Å². The highest BCUT2D eigenvalue weighted by Crippen LogP contribution is 2.20. The first kappa shape index (κ1) is 13.9. The summed E-state index contributed by atoms with van der Waals surface area (Å²) < 4.78 is 0. The molecule has 0 aromatic heterocycles. The van der Waals surface area contributed by atoms with Gasteiger partial charge in [0.2, 0.25) is 5.91 Å². The number of urea groups is 1. The fraction of sp³-hybridized carbons (Fsp3) is 0.357. The number of carbonyl (C=O) groups is 3. The Morgan fingerprint density at radius 1 is 1.24 bits per heavy atom. The van der Waals surface area contributed by atoms with Crippen LogP contribution in [-0.2, 0) is 4.79 Å². The molecule has 1 unspecified atom stereocenters. The van der Waals surface area contributed by atoms with Gasteiger partial charge in [-0.15, -0.1) is 0 Å². The number of amides is 4. The molecule has 21 heavy (non-hydrogen) atoms. The van der Waals surface area contributed by atoms with Gasteiger partial charge in [0.25, 0.3) is 5.91 Å². The molecule has 1 aromatic rings. The minimum Gasteiger partial charge on any atom is -0.336 e. The summed E-state index contributed by atoms with van der Waals surface area (Å²) in [6.07, 6.45) is 0.610. The van der Waals surface area contributed by atoms with Crippen molar-refractivity contribution in [2.75, 3.05) is 19.6 Å². The third kappa shape index (κ3) is 2.58. The third-order valence-corrected chi connectivity index (χ3v) is 4.04. The van der Waals surface area contributed by atoms with E-state index in [2.05, 4.69) is 5.32 Å². The molecule has 3 rings (SSSR count). The lowest BCUT2D eigenvalue weighted by atomic mass is 10.2. The van der Waals surface area contributed by atoms with Crippen LogP contribution in [0, 0.1) is 0 Å². The Bertz CT molecular complexity index is 586. The predicted octanol–water partition coefficient (Wildman–Crippen LogP) is 1.11. The van der Waals surface area contributed by atoms with Gasteiger partial charge in [-0.25, -0.2) is 4.79 Å². The van der Waals surface area contributed by atoms with Crippen LogP contribution >= 0.6 is 11.6 Å². The summed E-state index contributed by atoms with van der Waals surface area (Å²) in [6, 6.07) is 6.07. The molecule has 1 N–H and O–H groups in total. The molecule has 0 saturated carbocycles. The topological polar surface area (TPSA) is 69.7 Å². The van der Waals surface area contributed by atoms with Crippen molar-refractivity contribution in [1.82, 2.24) is 15.1 Å². The van der Waals surface area contributed by atoms with Crippen molar-refractivity contribution >= 4 is 29.4 Å². The van der Waals surface area contributed by atoms with Crippen LogP contribution in [-0.4, -0.2) is 53.3 Å². The maximum Gasteiger partial charge on any atom is 0.324 e. The van der Waals surface area contributed by atoms with Gasteiger partial charge in [-0.05, 0) is 30.7 Å². The van der Waals surface area contributed by atoms with Crippen LogP contribution in [0.15, 0.2) is 24.3 Å². The molecule has 2 saturated heterocycles. The average Bonchev–Trinajstić information content (AvgIpc) is 3.06. The first-order valence-corrected chi connectivity index (χ1v) is 7.09. The van der Waals surface area contributed by atoms with Gasteiger partial charge in [0.05, 0.1) is 12.6 Å². The van der Waals surface area contributed by atoms with Gasteiger partial charge >= 0.3 is 6.03 Å². The van der Waals surface area contributed by atoms with E-state index in [4.69, 9.17) is 11.6 Å². The minimum atomic E-state index is -0.370. The maximum atomic E-state index is 12.4. The van der Waals surface area contributed by atoms with Gasteiger partial charge < -0.3 is 10.2 Å². The number of benzene rings is 1. The first-order chi connectivity index (χ1) is 10.1. The highest BCUT2D eigenvalue weighted by Gasteiger charge is 2.39. The van der Waals surface area contributed by atoms with E-state index in [9.17, 15) is 14.4 Å². The zero-order valence-electron chi connectivity index (χ0n) is 11.2. The second kappa shape index (κ2) is 5.37. The van der Waals surface area contributed by atoms with Crippen LogP contribution in [0.25, 0.3) is 0 Å². The lowest BCUT2D eigenvalue weighted by Crippen LogP contribution is -2.42. The van der Waals surface area contributed by atoms with Crippen LogP contribution < -0.4 is 5.32 Å². The summed E-state index contributed by atoms with van der Waals surface area (Å²) in [5.74, 6) is -0.341. The number of imide groups is 1. The van der Waals surface area contributed by atoms with Gasteiger partial charge in [-0.3, -0.25) is 14.5 Å². The van der Waals surface area contributed by atoms with E-state index in [1.807, 2.05) is 0 Å². The summed E-state index contributed by atoms with van der Waals surface area (Å²) in [4.78, 5) is 38.6. The van der Waals surface area contributed by atoms with E-state index in [-0.39, 0.29) is 30.4 Å². The zero-order chi connectivity index (χ0) is 15.0. The first-order valence-electron chi connectivity index (χ1n) is 6.71. The van der Waals surface area contributed by atoms with E-state index in [0.29, 0.717) is 30.1 Å². The molecule has 6 nitrogen and oxygen atoms in total. The second-order valence-electron chi connectivity index (χ2n) is 5.12. The van der Waals surface area contributed by atoms with Gasteiger partial charge in [-0.2, -0.15) is 0 Å². The minimum absolute atomic E-state index is 0.0421. The van der Waals surface area contributed by atoms with Crippen LogP contribution in [0.5, 0.6) is 0 Å². The lowest BCUT2D eigenvalue weighted by molar-refractivity contribution is -0.126. The van der Waals surface area contributed by atoms with Crippen LogP contribution in [0.4, 0.5) is 4.79 Å². The summed E-state index contributed by atoms with van der Waals surface area (Å²) >= 11 is 5.80. The highest BCUT2D eigenvalue weighted by atomic mass is 35.5. The van der Waals surface area contributed by atoms with Gasteiger partial charge in [0.15, 0.2) is 0 Å². The van der Waals surface area contributed by atoms with E-state index in [1.54, 1.807) is 29.2 Å². The largest absolute Gasteiger partial charge is 0.336 e. The van der Waals surface area contributed by atoms with Gasteiger partial charge in [0.1, 0.15) is 0 Å². The summed E-state index contributed by atoms with van der Waals surface area (Å²) in [7, 11) is 0. The molecule has 2 heterocycles. The highest BCUT2D eigenvalue weighted by molar-refractivity contribution is 6.30.